The molecule has 0 bridgehead atoms. The minimum Gasteiger partial charge on any atom is -0.497 e. The Kier molecular flexibility index (Phi) is 6.29. The van der Waals surface area contributed by atoms with Crippen LogP contribution >= 0.6 is 15.9 Å². The summed E-state index contributed by atoms with van der Waals surface area (Å²) < 4.78 is 22.2. The number of ether oxygens (including phenoxy) is 4. The maximum Gasteiger partial charge on any atom is 0.176 e. The van der Waals surface area contributed by atoms with Crippen LogP contribution < -0.4 is 18.9 Å². The second kappa shape index (κ2) is 8.43. The number of benzene rings is 2. The van der Waals surface area contributed by atoms with Crippen LogP contribution in [0, 0.1) is 0 Å². The van der Waals surface area contributed by atoms with Crippen LogP contribution in [-0.4, -0.2) is 33.7 Å². The zero-order valence-electron chi connectivity index (χ0n) is 12.9. The summed E-state index contributed by atoms with van der Waals surface area (Å²) in [4.78, 5) is 11.0. The highest BCUT2D eigenvalue weighted by molar-refractivity contribution is 9.10. The van der Waals surface area contributed by atoms with E-state index in [1.165, 1.54) is 0 Å². The number of rotatable bonds is 8. The zero-order valence-corrected chi connectivity index (χ0v) is 14.5. The van der Waals surface area contributed by atoms with Crippen molar-refractivity contribution in [3.8, 4) is 23.0 Å². The summed E-state index contributed by atoms with van der Waals surface area (Å²) >= 11 is 3.36. The van der Waals surface area contributed by atoms with Gasteiger partial charge in [0, 0.05) is 5.56 Å². The van der Waals surface area contributed by atoms with Gasteiger partial charge < -0.3 is 18.9 Å². The molecule has 2 aromatic carbocycles. The van der Waals surface area contributed by atoms with Crippen LogP contribution in [0.4, 0.5) is 0 Å². The quantitative estimate of drug-likeness (QED) is 0.515. The highest BCUT2D eigenvalue weighted by atomic mass is 79.9. The SMILES string of the molecule is COc1ccc(OCCOc2c(OC)ccc(C=O)c2Br)cc1. The summed E-state index contributed by atoms with van der Waals surface area (Å²) in [7, 11) is 3.16. The number of carbonyl (C=O) groups excluding carboxylic acids is 1. The van der Waals surface area contributed by atoms with Gasteiger partial charge in [0.05, 0.1) is 18.7 Å². The van der Waals surface area contributed by atoms with E-state index in [0.29, 0.717) is 34.7 Å². The molecule has 0 aliphatic carbocycles. The van der Waals surface area contributed by atoms with Gasteiger partial charge in [-0.3, -0.25) is 4.79 Å². The van der Waals surface area contributed by atoms with E-state index in [4.69, 9.17) is 18.9 Å². The van der Waals surface area contributed by atoms with E-state index in [-0.39, 0.29) is 0 Å². The molecule has 2 aromatic rings. The Labute approximate surface area is 143 Å². The molecule has 0 radical (unpaired) electrons. The largest absolute Gasteiger partial charge is 0.497 e. The molecule has 0 spiro atoms. The molecule has 0 amide bonds. The first kappa shape index (κ1) is 17.1. The maximum absolute atomic E-state index is 11.0. The number of aldehydes is 1. The van der Waals surface area contributed by atoms with Crippen LogP contribution in [0.3, 0.4) is 0 Å². The lowest BCUT2D eigenvalue weighted by Crippen LogP contribution is -2.10. The van der Waals surface area contributed by atoms with Crippen molar-refractivity contribution >= 4 is 22.2 Å². The summed E-state index contributed by atoms with van der Waals surface area (Å²) in [5.74, 6) is 2.53. The molecular formula is C17H17BrO5. The molecule has 5 nitrogen and oxygen atoms in total. The average Bonchev–Trinajstić information content (AvgIpc) is 2.60. The fourth-order valence-electron chi connectivity index (χ4n) is 1.92. The molecule has 0 atom stereocenters. The lowest BCUT2D eigenvalue weighted by atomic mass is 10.2. The molecule has 0 saturated heterocycles. The molecule has 23 heavy (non-hydrogen) atoms. The van der Waals surface area contributed by atoms with Gasteiger partial charge in [-0.1, -0.05) is 0 Å². The van der Waals surface area contributed by atoms with Crippen molar-refractivity contribution < 1.29 is 23.7 Å². The van der Waals surface area contributed by atoms with Gasteiger partial charge in [0.15, 0.2) is 17.8 Å². The molecule has 0 fully saturated rings. The van der Waals surface area contributed by atoms with E-state index in [0.717, 1.165) is 17.8 Å². The third-order valence-corrected chi connectivity index (χ3v) is 3.91. The minimum atomic E-state index is 0.309. The Balaban J connectivity index is 1.94. The number of hydrogen-bond acceptors (Lipinski definition) is 5. The van der Waals surface area contributed by atoms with Crippen LogP contribution in [0.2, 0.25) is 0 Å². The van der Waals surface area contributed by atoms with Crippen molar-refractivity contribution in [3.05, 3.63) is 46.4 Å². The molecule has 122 valence electrons. The van der Waals surface area contributed by atoms with Crippen LogP contribution in [0.5, 0.6) is 23.0 Å². The number of carbonyl (C=O) groups is 1. The van der Waals surface area contributed by atoms with Gasteiger partial charge in [-0.05, 0) is 52.3 Å². The Bertz CT molecular complexity index is 655. The third-order valence-electron chi connectivity index (χ3n) is 3.10. The van der Waals surface area contributed by atoms with Crippen LogP contribution in [0.25, 0.3) is 0 Å². The Morgan fingerprint density at radius 3 is 2.17 bits per heavy atom. The van der Waals surface area contributed by atoms with Crippen LogP contribution in [0.1, 0.15) is 10.4 Å². The van der Waals surface area contributed by atoms with Crippen molar-refractivity contribution in [1.29, 1.82) is 0 Å². The monoisotopic (exact) mass is 380 g/mol. The van der Waals surface area contributed by atoms with E-state index in [1.54, 1.807) is 26.4 Å². The second-order valence-corrected chi connectivity index (χ2v) is 5.28. The summed E-state index contributed by atoms with van der Waals surface area (Å²) in [5.41, 5.74) is 0.497. The first-order valence-corrected chi connectivity index (χ1v) is 7.70. The summed E-state index contributed by atoms with van der Waals surface area (Å²) in [6.07, 6.45) is 0.754. The molecule has 0 aliphatic heterocycles. The maximum atomic E-state index is 11.0. The number of hydrogen-bond donors (Lipinski definition) is 0. The predicted molar refractivity (Wildman–Crippen MR) is 90.1 cm³/mol. The van der Waals surface area contributed by atoms with Gasteiger partial charge in [0.1, 0.15) is 24.7 Å². The Hall–Kier alpha value is -2.21. The third kappa shape index (κ3) is 4.39. The number of halogens is 1. The van der Waals surface area contributed by atoms with Gasteiger partial charge in [0.25, 0.3) is 0 Å². The van der Waals surface area contributed by atoms with Crippen molar-refractivity contribution in [2.45, 2.75) is 0 Å². The molecule has 0 saturated carbocycles. The highest BCUT2D eigenvalue weighted by Gasteiger charge is 2.13. The Morgan fingerprint density at radius 1 is 0.913 bits per heavy atom. The fourth-order valence-corrected chi connectivity index (χ4v) is 2.45. The highest BCUT2D eigenvalue weighted by Crippen LogP contribution is 2.37. The van der Waals surface area contributed by atoms with Gasteiger partial charge in [0.2, 0.25) is 0 Å². The fraction of sp³-hybridized carbons (Fsp3) is 0.235. The molecule has 0 heterocycles. The lowest BCUT2D eigenvalue weighted by molar-refractivity contribution is 0.112. The van der Waals surface area contributed by atoms with E-state index in [2.05, 4.69) is 15.9 Å². The van der Waals surface area contributed by atoms with E-state index in [1.807, 2.05) is 24.3 Å². The van der Waals surface area contributed by atoms with Gasteiger partial charge in [-0.15, -0.1) is 0 Å². The molecular weight excluding hydrogens is 364 g/mol. The Morgan fingerprint density at radius 2 is 1.57 bits per heavy atom. The van der Waals surface area contributed by atoms with Crippen LogP contribution in [0.15, 0.2) is 40.9 Å². The molecule has 0 aliphatic rings. The molecule has 0 N–H and O–H groups in total. The molecule has 0 aromatic heterocycles. The van der Waals surface area contributed by atoms with E-state index < -0.39 is 0 Å². The zero-order chi connectivity index (χ0) is 16.7. The van der Waals surface area contributed by atoms with Gasteiger partial charge >= 0.3 is 0 Å². The predicted octanol–water partition coefficient (Wildman–Crippen LogP) is 3.74. The van der Waals surface area contributed by atoms with Crippen molar-refractivity contribution in [3.63, 3.8) is 0 Å². The average molecular weight is 381 g/mol. The van der Waals surface area contributed by atoms with Crippen LogP contribution in [-0.2, 0) is 0 Å². The van der Waals surface area contributed by atoms with Crippen molar-refractivity contribution in [2.75, 3.05) is 27.4 Å². The topological polar surface area (TPSA) is 54.0 Å². The van der Waals surface area contributed by atoms with Gasteiger partial charge in [-0.25, -0.2) is 0 Å². The molecule has 2 rings (SSSR count). The molecule has 0 unspecified atom stereocenters. The van der Waals surface area contributed by atoms with Crippen molar-refractivity contribution in [2.24, 2.45) is 0 Å². The standard InChI is InChI=1S/C17H17BrO5/c1-20-13-4-6-14(7-5-13)22-9-10-23-17-15(21-2)8-3-12(11-19)16(17)18/h3-8,11H,9-10H2,1-2H3. The second-order valence-electron chi connectivity index (χ2n) is 4.49. The normalized spacial score (nSPS) is 10.0. The summed E-state index contributed by atoms with van der Waals surface area (Å²) in [6, 6.07) is 10.6. The summed E-state index contributed by atoms with van der Waals surface area (Å²) in [5, 5.41) is 0. The number of methoxy groups -OCH3 is 2. The van der Waals surface area contributed by atoms with E-state index in [9.17, 15) is 4.79 Å². The minimum absolute atomic E-state index is 0.309. The van der Waals surface area contributed by atoms with Crippen molar-refractivity contribution in [1.82, 2.24) is 0 Å². The summed E-state index contributed by atoms with van der Waals surface area (Å²) in [6.45, 7) is 0.663. The molecule has 6 heteroatoms. The van der Waals surface area contributed by atoms with E-state index >= 15 is 0 Å². The first-order valence-electron chi connectivity index (χ1n) is 6.91. The lowest BCUT2D eigenvalue weighted by Gasteiger charge is -2.14. The van der Waals surface area contributed by atoms with Gasteiger partial charge in [-0.2, -0.15) is 0 Å². The first-order chi connectivity index (χ1) is 11.2. The smallest absolute Gasteiger partial charge is 0.176 e.